The van der Waals surface area contributed by atoms with E-state index in [2.05, 4.69) is 19.2 Å². The van der Waals surface area contributed by atoms with Gasteiger partial charge < -0.3 is 5.32 Å². The first kappa shape index (κ1) is 15.4. The van der Waals surface area contributed by atoms with Gasteiger partial charge in [0.25, 0.3) is 0 Å². The van der Waals surface area contributed by atoms with Crippen molar-refractivity contribution in [3.63, 3.8) is 0 Å². The molecular weight excluding hydrogens is 230 g/mol. The Morgan fingerprint density at radius 2 is 1.58 bits per heavy atom. The lowest BCUT2D eigenvalue weighted by Crippen LogP contribution is -2.42. The first-order valence-corrected chi connectivity index (χ1v) is 9.00. The van der Waals surface area contributed by atoms with E-state index >= 15 is 0 Å². The fourth-order valence-electron chi connectivity index (χ4n) is 4.34. The van der Waals surface area contributed by atoms with Crippen LogP contribution in [-0.4, -0.2) is 12.6 Å². The molecule has 2 unspecified atom stereocenters. The van der Waals surface area contributed by atoms with Crippen LogP contribution in [0.1, 0.15) is 84.5 Å². The molecule has 0 amide bonds. The summed E-state index contributed by atoms with van der Waals surface area (Å²) in [6, 6.07) is 0.851. The summed E-state index contributed by atoms with van der Waals surface area (Å²) >= 11 is 0. The van der Waals surface area contributed by atoms with Crippen LogP contribution in [0.3, 0.4) is 0 Å². The van der Waals surface area contributed by atoms with Crippen LogP contribution in [-0.2, 0) is 0 Å². The molecule has 112 valence electrons. The third kappa shape index (κ3) is 5.10. The van der Waals surface area contributed by atoms with Gasteiger partial charge in [-0.05, 0) is 50.0 Å². The van der Waals surface area contributed by atoms with E-state index in [4.69, 9.17) is 0 Å². The van der Waals surface area contributed by atoms with E-state index in [1.165, 1.54) is 77.2 Å². The lowest BCUT2D eigenvalue weighted by atomic mass is 9.71. The smallest absolute Gasteiger partial charge is 0.00979 e. The molecule has 0 spiro atoms. The zero-order chi connectivity index (χ0) is 13.5. The highest BCUT2D eigenvalue weighted by atomic mass is 14.9. The largest absolute Gasteiger partial charge is 0.314 e. The second-order valence-corrected chi connectivity index (χ2v) is 7.44. The lowest BCUT2D eigenvalue weighted by Gasteiger charge is -2.39. The second-order valence-electron chi connectivity index (χ2n) is 7.44. The molecule has 0 saturated heterocycles. The highest BCUT2D eigenvalue weighted by Crippen LogP contribution is 2.38. The van der Waals surface area contributed by atoms with E-state index in [1.807, 2.05) is 0 Å². The normalized spacial score (nSPS) is 29.8. The van der Waals surface area contributed by atoms with Gasteiger partial charge in [-0.2, -0.15) is 0 Å². The standard InChI is InChI=1S/C18H35N/c1-15(2)9-8-14-19-18-13-7-6-12-17(18)16-10-4-3-5-11-16/h15-19H,3-14H2,1-2H3. The Bertz CT molecular complexity index is 230. The SMILES string of the molecule is CC(C)CCCNC1CCCCC1C1CCCCC1. The average molecular weight is 265 g/mol. The molecule has 0 aromatic carbocycles. The van der Waals surface area contributed by atoms with Gasteiger partial charge >= 0.3 is 0 Å². The summed E-state index contributed by atoms with van der Waals surface area (Å²) in [5.74, 6) is 2.92. The molecule has 2 rings (SSSR count). The van der Waals surface area contributed by atoms with Crippen molar-refractivity contribution in [2.24, 2.45) is 17.8 Å². The van der Waals surface area contributed by atoms with Crippen LogP contribution < -0.4 is 5.32 Å². The van der Waals surface area contributed by atoms with Crippen molar-refractivity contribution in [2.45, 2.75) is 90.5 Å². The Balaban J connectivity index is 1.75. The van der Waals surface area contributed by atoms with E-state index in [9.17, 15) is 0 Å². The molecule has 2 aliphatic rings. The van der Waals surface area contributed by atoms with Crippen LogP contribution in [0, 0.1) is 17.8 Å². The molecule has 2 saturated carbocycles. The van der Waals surface area contributed by atoms with Gasteiger partial charge in [-0.1, -0.05) is 58.8 Å². The van der Waals surface area contributed by atoms with E-state index in [1.54, 1.807) is 0 Å². The van der Waals surface area contributed by atoms with Crippen LogP contribution >= 0.6 is 0 Å². The molecule has 0 aromatic heterocycles. The van der Waals surface area contributed by atoms with Crippen LogP contribution in [0.2, 0.25) is 0 Å². The molecule has 2 aliphatic carbocycles. The Morgan fingerprint density at radius 3 is 2.32 bits per heavy atom. The van der Waals surface area contributed by atoms with Gasteiger partial charge in [-0.15, -0.1) is 0 Å². The zero-order valence-corrected chi connectivity index (χ0v) is 13.3. The van der Waals surface area contributed by atoms with Gasteiger partial charge in [-0.3, -0.25) is 0 Å². The van der Waals surface area contributed by atoms with E-state index in [0.29, 0.717) is 0 Å². The molecule has 1 N–H and O–H groups in total. The zero-order valence-electron chi connectivity index (χ0n) is 13.3. The lowest BCUT2D eigenvalue weighted by molar-refractivity contribution is 0.150. The van der Waals surface area contributed by atoms with Crippen molar-refractivity contribution in [3.05, 3.63) is 0 Å². The molecule has 0 aliphatic heterocycles. The maximum absolute atomic E-state index is 3.92. The summed E-state index contributed by atoms with van der Waals surface area (Å²) in [7, 11) is 0. The number of rotatable bonds is 6. The fourth-order valence-corrected chi connectivity index (χ4v) is 4.34. The fraction of sp³-hybridized carbons (Fsp3) is 1.00. The Labute approximate surface area is 120 Å². The van der Waals surface area contributed by atoms with Crippen molar-refractivity contribution in [2.75, 3.05) is 6.54 Å². The van der Waals surface area contributed by atoms with Gasteiger partial charge in [0.2, 0.25) is 0 Å². The predicted molar refractivity (Wildman–Crippen MR) is 84.4 cm³/mol. The summed E-state index contributed by atoms with van der Waals surface area (Å²) in [6.45, 7) is 5.93. The van der Waals surface area contributed by atoms with Crippen LogP contribution in [0.15, 0.2) is 0 Å². The molecule has 2 fully saturated rings. The van der Waals surface area contributed by atoms with Crippen molar-refractivity contribution in [1.29, 1.82) is 0 Å². The van der Waals surface area contributed by atoms with E-state index in [-0.39, 0.29) is 0 Å². The van der Waals surface area contributed by atoms with Crippen molar-refractivity contribution in [1.82, 2.24) is 5.32 Å². The molecular formula is C18H35N. The van der Waals surface area contributed by atoms with Gasteiger partial charge in [0.05, 0.1) is 0 Å². The minimum atomic E-state index is 0.851. The molecule has 0 aromatic rings. The molecule has 0 bridgehead atoms. The van der Waals surface area contributed by atoms with Gasteiger partial charge in [0.1, 0.15) is 0 Å². The van der Waals surface area contributed by atoms with Crippen molar-refractivity contribution >= 4 is 0 Å². The molecule has 0 heterocycles. The maximum atomic E-state index is 3.92. The summed E-state index contributed by atoms with van der Waals surface area (Å²) in [5, 5.41) is 3.92. The molecule has 19 heavy (non-hydrogen) atoms. The first-order chi connectivity index (χ1) is 9.27. The van der Waals surface area contributed by atoms with Gasteiger partial charge in [0.15, 0.2) is 0 Å². The molecule has 1 nitrogen and oxygen atoms in total. The Morgan fingerprint density at radius 1 is 0.895 bits per heavy atom. The number of hydrogen-bond acceptors (Lipinski definition) is 1. The molecule has 0 radical (unpaired) electrons. The monoisotopic (exact) mass is 265 g/mol. The topological polar surface area (TPSA) is 12.0 Å². The minimum absolute atomic E-state index is 0.851. The van der Waals surface area contributed by atoms with Crippen LogP contribution in [0.4, 0.5) is 0 Å². The van der Waals surface area contributed by atoms with Crippen LogP contribution in [0.5, 0.6) is 0 Å². The van der Waals surface area contributed by atoms with E-state index < -0.39 is 0 Å². The third-order valence-electron chi connectivity index (χ3n) is 5.44. The predicted octanol–water partition coefficient (Wildman–Crippen LogP) is 5.15. The number of nitrogens with one attached hydrogen (secondary N) is 1. The molecule has 2 atom stereocenters. The van der Waals surface area contributed by atoms with Gasteiger partial charge in [0, 0.05) is 6.04 Å². The van der Waals surface area contributed by atoms with E-state index in [0.717, 1.165) is 23.8 Å². The summed E-state index contributed by atoms with van der Waals surface area (Å²) in [6.07, 6.45) is 16.2. The molecule has 1 heteroatoms. The second kappa shape index (κ2) is 8.29. The highest BCUT2D eigenvalue weighted by Gasteiger charge is 2.31. The maximum Gasteiger partial charge on any atom is 0.00979 e. The Hall–Kier alpha value is -0.0400. The van der Waals surface area contributed by atoms with Crippen LogP contribution in [0.25, 0.3) is 0 Å². The van der Waals surface area contributed by atoms with Crippen molar-refractivity contribution < 1.29 is 0 Å². The Kier molecular flexibility index (Phi) is 6.70. The quantitative estimate of drug-likeness (QED) is 0.655. The first-order valence-electron chi connectivity index (χ1n) is 9.00. The third-order valence-corrected chi connectivity index (χ3v) is 5.44. The number of hydrogen-bond donors (Lipinski definition) is 1. The summed E-state index contributed by atoms with van der Waals surface area (Å²) in [5.41, 5.74) is 0. The highest BCUT2D eigenvalue weighted by molar-refractivity contribution is 4.86. The van der Waals surface area contributed by atoms with Crippen molar-refractivity contribution in [3.8, 4) is 0 Å². The van der Waals surface area contributed by atoms with Gasteiger partial charge in [-0.25, -0.2) is 0 Å². The summed E-state index contributed by atoms with van der Waals surface area (Å²) in [4.78, 5) is 0. The minimum Gasteiger partial charge on any atom is -0.314 e. The average Bonchev–Trinajstić information content (AvgIpc) is 2.45. The summed E-state index contributed by atoms with van der Waals surface area (Å²) < 4.78 is 0.